The third kappa shape index (κ3) is 4.66. The molecule has 2 aromatic carbocycles. The second-order valence-corrected chi connectivity index (χ2v) is 4.69. The summed E-state index contributed by atoms with van der Waals surface area (Å²) in [7, 11) is 0. The van der Waals surface area contributed by atoms with Crippen LogP contribution >= 0.6 is 0 Å². The zero-order valence-corrected chi connectivity index (χ0v) is 11.9. The predicted octanol–water partition coefficient (Wildman–Crippen LogP) is 2.84. The second kappa shape index (κ2) is 7.31. The number of nitrogens with zero attached hydrogens (tertiary/aromatic N) is 1. The highest BCUT2D eigenvalue weighted by Crippen LogP contribution is 2.08. The molecular weight excluding hydrogens is 288 g/mol. The van der Waals surface area contributed by atoms with Gasteiger partial charge in [0.15, 0.2) is 11.6 Å². The first-order valence-electron chi connectivity index (χ1n) is 6.62. The third-order valence-corrected chi connectivity index (χ3v) is 2.85. The summed E-state index contributed by atoms with van der Waals surface area (Å²) in [6, 6.07) is 11.0. The number of amides is 1. The molecule has 0 radical (unpaired) electrons. The molecule has 4 nitrogen and oxygen atoms in total. The Hall–Kier alpha value is -2.76. The van der Waals surface area contributed by atoms with Crippen LogP contribution in [0.15, 0.2) is 47.6 Å². The topological polar surface area (TPSA) is 53.5 Å². The van der Waals surface area contributed by atoms with Crippen molar-refractivity contribution in [2.45, 2.75) is 6.92 Å². The predicted molar refractivity (Wildman–Crippen MR) is 81.8 cm³/mol. The van der Waals surface area contributed by atoms with Crippen LogP contribution in [0.25, 0.3) is 0 Å². The number of hydrogen-bond donors (Lipinski definition) is 2. The molecule has 2 N–H and O–H groups in total. The summed E-state index contributed by atoms with van der Waals surface area (Å²) in [6.45, 7) is 2.03. The number of aryl methyl sites for hydroxylation is 1. The van der Waals surface area contributed by atoms with Gasteiger partial charge in [-0.3, -0.25) is 4.79 Å². The molecule has 22 heavy (non-hydrogen) atoms. The van der Waals surface area contributed by atoms with E-state index in [0.29, 0.717) is 5.56 Å². The number of hydrazone groups is 1. The fourth-order valence-corrected chi connectivity index (χ4v) is 1.66. The van der Waals surface area contributed by atoms with Gasteiger partial charge in [0.2, 0.25) is 0 Å². The molecule has 2 aromatic rings. The summed E-state index contributed by atoms with van der Waals surface area (Å²) in [5.41, 5.74) is 4.61. The molecule has 0 fully saturated rings. The lowest BCUT2D eigenvalue weighted by Crippen LogP contribution is -2.25. The summed E-state index contributed by atoms with van der Waals surface area (Å²) >= 11 is 0. The molecule has 0 aromatic heterocycles. The van der Waals surface area contributed by atoms with E-state index in [1.165, 1.54) is 12.3 Å². The fourth-order valence-electron chi connectivity index (χ4n) is 1.66. The Morgan fingerprint density at radius 1 is 1.14 bits per heavy atom. The van der Waals surface area contributed by atoms with Crippen molar-refractivity contribution in [1.82, 2.24) is 5.43 Å². The lowest BCUT2D eigenvalue weighted by Gasteiger charge is -2.05. The molecule has 0 unspecified atom stereocenters. The van der Waals surface area contributed by atoms with Crippen LogP contribution in [0.4, 0.5) is 14.5 Å². The second-order valence-electron chi connectivity index (χ2n) is 4.69. The molecule has 0 bridgehead atoms. The number of anilines is 1. The number of rotatable bonds is 5. The molecule has 6 heteroatoms. The van der Waals surface area contributed by atoms with Gasteiger partial charge < -0.3 is 5.32 Å². The molecule has 0 heterocycles. The van der Waals surface area contributed by atoms with Gasteiger partial charge in [-0.15, -0.1) is 0 Å². The van der Waals surface area contributed by atoms with Gasteiger partial charge in [0.1, 0.15) is 0 Å². The van der Waals surface area contributed by atoms with Gasteiger partial charge in [-0.1, -0.05) is 23.8 Å². The first-order chi connectivity index (χ1) is 10.5. The highest BCUT2D eigenvalue weighted by Gasteiger charge is 2.01. The van der Waals surface area contributed by atoms with Crippen molar-refractivity contribution in [2.75, 3.05) is 11.9 Å². The van der Waals surface area contributed by atoms with E-state index in [1.807, 2.05) is 31.2 Å². The van der Waals surface area contributed by atoms with Gasteiger partial charge in [0.25, 0.3) is 5.91 Å². The van der Waals surface area contributed by atoms with Crippen LogP contribution in [0.3, 0.4) is 0 Å². The average molecular weight is 303 g/mol. The third-order valence-electron chi connectivity index (χ3n) is 2.85. The van der Waals surface area contributed by atoms with Crippen molar-refractivity contribution in [3.8, 4) is 0 Å². The Labute approximate surface area is 126 Å². The lowest BCUT2D eigenvalue weighted by atomic mass is 10.2. The molecule has 0 saturated heterocycles. The Kier molecular flexibility index (Phi) is 5.19. The minimum Gasteiger partial charge on any atom is -0.376 e. The van der Waals surface area contributed by atoms with E-state index in [2.05, 4.69) is 15.8 Å². The molecule has 0 aliphatic carbocycles. The number of halogens is 2. The Bertz CT molecular complexity index is 684. The minimum absolute atomic E-state index is 0.0537. The molecular formula is C16H15F2N3O. The average Bonchev–Trinajstić information content (AvgIpc) is 2.50. The summed E-state index contributed by atoms with van der Waals surface area (Å²) in [5.74, 6) is -2.24. The first-order valence-corrected chi connectivity index (χ1v) is 6.62. The smallest absolute Gasteiger partial charge is 0.259 e. The maximum Gasteiger partial charge on any atom is 0.259 e. The van der Waals surface area contributed by atoms with Gasteiger partial charge in [0.05, 0.1) is 12.8 Å². The molecule has 2 rings (SSSR count). The van der Waals surface area contributed by atoms with Gasteiger partial charge in [-0.2, -0.15) is 5.10 Å². The van der Waals surface area contributed by atoms with Crippen LogP contribution < -0.4 is 10.7 Å². The maximum atomic E-state index is 13.0. The summed E-state index contributed by atoms with van der Waals surface area (Å²) < 4.78 is 25.7. The van der Waals surface area contributed by atoms with E-state index >= 15 is 0 Å². The number of hydrogen-bond acceptors (Lipinski definition) is 3. The molecule has 0 aliphatic heterocycles. The molecule has 0 atom stereocenters. The highest BCUT2D eigenvalue weighted by molar-refractivity contribution is 5.84. The zero-order chi connectivity index (χ0) is 15.9. The Balaban J connectivity index is 1.80. The van der Waals surface area contributed by atoms with E-state index in [0.717, 1.165) is 23.4 Å². The minimum atomic E-state index is -0.962. The Morgan fingerprint density at radius 2 is 1.86 bits per heavy atom. The van der Waals surface area contributed by atoms with Crippen molar-refractivity contribution in [3.05, 3.63) is 65.2 Å². The lowest BCUT2D eigenvalue weighted by molar-refractivity contribution is -0.119. The summed E-state index contributed by atoms with van der Waals surface area (Å²) in [4.78, 5) is 11.6. The van der Waals surface area contributed by atoms with Crippen LogP contribution in [0.1, 0.15) is 11.1 Å². The molecule has 0 saturated carbocycles. The van der Waals surface area contributed by atoms with Crippen molar-refractivity contribution >= 4 is 17.8 Å². The van der Waals surface area contributed by atoms with Gasteiger partial charge in [-0.25, -0.2) is 14.2 Å². The van der Waals surface area contributed by atoms with Gasteiger partial charge >= 0.3 is 0 Å². The maximum absolute atomic E-state index is 13.0. The summed E-state index contributed by atoms with van der Waals surface area (Å²) in [6.07, 6.45) is 1.24. The summed E-state index contributed by atoms with van der Waals surface area (Å²) in [5, 5.41) is 6.63. The number of carbonyl (C=O) groups is 1. The van der Waals surface area contributed by atoms with E-state index in [9.17, 15) is 13.6 Å². The van der Waals surface area contributed by atoms with Crippen LogP contribution in [0.2, 0.25) is 0 Å². The van der Waals surface area contributed by atoms with Crippen molar-refractivity contribution in [1.29, 1.82) is 0 Å². The first kappa shape index (κ1) is 15.6. The van der Waals surface area contributed by atoms with E-state index in [1.54, 1.807) is 0 Å². The van der Waals surface area contributed by atoms with E-state index < -0.39 is 11.6 Å². The van der Waals surface area contributed by atoms with Crippen molar-refractivity contribution in [2.24, 2.45) is 5.10 Å². The van der Waals surface area contributed by atoms with Crippen molar-refractivity contribution < 1.29 is 13.6 Å². The number of nitrogens with one attached hydrogen (secondary N) is 2. The largest absolute Gasteiger partial charge is 0.376 e. The zero-order valence-electron chi connectivity index (χ0n) is 11.9. The van der Waals surface area contributed by atoms with E-state index in [4.69, 9.17) is 0 Å². The van der Waals surface area contributed by atoms with E-state index in [-0.39, 0.29) is 12.5 Å². The van der Waals surface area contributed by atoms with Crippen LogP contribution in [0, 0.1) is 18.6 Å². The molecule has 1 amide bonds. The SMILES string of the molecule is Cc1ccc(NCC(=O)N/N=C\c2ccc(F)c(F)c2)cc1. The van der Waals surface area contributed by atoms with Gasteiger partial charge in [0, 0.05) is 5.69 Å². The number of benzene rings is 2. The quantitative estimate of drug-likeness (QED) is 0.659. The van der Waals surface area contributed by atoms with Gasteiger partial charge in [-0.05, 0) is 36.8 Å². The fraction of sp³-hybridized carbons (Fsp3) is 0.125. The highest BCUT2D eigenvalue weighted by atomic mass is 19.2. The monoisotopic (exact) mass is 303 g/mol. The van der Waals surface area contributed by atoms with Crippen molar-refractivity contribution in [3.63, 3.8) is 0 Å². The normalized spacial score (nSPS) is 10.7. The van der Waals surface area contributed by atoms with Crippen LogP contribution in [0.5, 0.6) is 0 Å². The van der Waals surface area contributed by atoms with Crippen LogP contribution in [-0.4, -0.2) is 18.7 Å². The molecule has 0 spiro atoms. The van der Waals surface area contributed by atoms with Crippen LogP contribution in [-0.2, 0) is 4.79 Å². The Morgan fingerprint density at radius 3 is 2.55 bits per heavy atom. The molecule has 114 valence electrons. The molecule has 0 aliphatic rings. The standard InChI is InChI=1S/C16H15F2N3O/c1-11-2-5-13(6-3-11)19-10-16(22)21-20-9-12-4-7-14(17)15(18)8-12/h2-9,19H,10H2,1H3,(H,21,22)/b20-9-. The number of carbonyl (C=O) groups excluding carboxylic acids is 1.